The molecule has 3 aromatic heterocycles. The number of nitrogen functional groups attached to an aromatic ring is 1. The van der Waals surface area contributed by atoms with Crippen LogP contribution in [-0.4, -0.2) is 55.4 Å². The Morgan fingerprint density at radius 3 is 2.72 bits per heavy atom. The van der Waals surface area contributed by atoms with Gasteiger partial charge in [-0.05, 0) is 67.0 Å². The Labute approximate surface area is 185 Å². The van der Waals surface area contributed by atoms with Gasteiger partial charge in [0.05, 0.1) is 18.2 Å². The molecule has 3 aromatic rings. The lowest BCUT2D eigenvalue weighted by Crippen LogP contribution is -2.28. The molecule has 0 saturated heterocycles. The van der Waals surface area contributed by atoms with Gasteiger partial charge in [0.1, 0.15) is 5.76 Å². The van der Waals surface area contributed by atoms with Crippen molar-refractivity contribution in [3.8, 4) is 5.82 Å². The molecule has 170 valence electrons. The number of carbonyl (C=O) groups is 1. The van der Waals surface area contributed by atoms with E-state index in [1.807, 2.05) is 13.0 Å². The molecule has 0 unspecified atom stereocenters. The van der Waals surface area contributed by atoms with Crippen LogP contribution in [0.2, 0.25) is 0 Å². The Bertz CT molecular complexity index is 1060. The fraction of sp³-hybridized carbons (Fsp3) is 0.400. The number of nitrogens with zero attached hydrogens (tertiary/aromatic N) is 7. The lowest BCUT2D eigenvalue weighted by molar-refractivity contribution is 0.0947. The summed E-state index contributed by atoms with van der Waals surface area (Å²) in [6, 6.07) is 3.61. The highest BCUT2D eigenvalue weighted by Gasteiger charge is 2.25. The number of carbonyl (C=O) groups excluding carboxylic acids is 1. The van der Waals surface area contributed by atoms with Crippen molar-refractivity contribution in [1.82, 2.24) is 35.6 Å². The van der Waals surface area contributed by atoms with Gasteiger partial charge in [-0.1, -0.05) is 19.1 Å². The Morgan fingerprint density at radius 1 is 1.31 bits per heavy atom. The third-order valence-electron chi connectivity index (χ3n) is 4.47. The minimum atomic E-state index is -0.503. The van der Waals surface area contributed by atoms with Crippen LogP contribution in [0.3, 0.4) is 0 Å². The van der Waals surface area contributed by atoms with Crippen molar-refractivity contribution in [3.63, 3.8) is 0 Å². The van der Waals surface area contributed by atoms with E-state index in [4.69, 9.17) is 14.8 Å². The van der Waals surface area contributed by atoms with Gasteiger partial charge in [0.2, 0.25) is 11.6 Å². The molecule has 1 amide bonds. The molecular weight excluding hydrogens is 414 g/mol. The highest BCUT2D eigenvalue weighted by molar-refractivity contribution is 5.94. The Hall–Kier alpha value is -3.80. The van der Waals surface area contributed by atoms with E-state index >= 15 is 0 Å². The van der Waals surface area contributed by atoms with Crippen molar-refractivity contribution in [2.45, 2.75) is 40.2 Å². The summed E-state index contributed by atoms with van der Waals surface area (Å²) in [7, 11) is 0. The molecule has 0 atom stereocenters. The van der Waals surface area contributed by atoms with Crippen LogP contribution < -0.4 is 11.2 Å². The number of anilines is 1. The van der Waals surface area contributed by atoms with E-state index in [9.17, 15) is 4.79 Å². The van der Waals surface area contributed by atoms with E-state index < -0.39 is 5.91 Å². The maximum absolute atomic E-state index is 12.8. The largest absolute Gasteiger partial charge is 0.465 e. The van der Waals surface area contributed by atoms with Crippen LogP contribution in [0.5, 0.6) is 0 Å². The van der Waals surface area contributed by atoms with Crippen LogP contribution in [0.1, 0.15) is 55.6 Å². The number of furan rings is 1. The monoisotopic (exact) mass is 441 g/mol. The Kier molecular flexibility index (Phi) is 7.86. The number of hydrogen-bond acceptors (Lipinski definition) is 10. The summed E-state index contributed by atoms with van der Waals surface area (Å²) >= 11 is 0. The van der Waals surface area contributed by atoms with Gasteiger partial charge < -0.3 is 10.2 Å². The summed E-state index contributed by atoms with van der Waals surface area (Å²) in [6.45, 7) is 8.15. The van der Waals surface area contributed by atoms with Crippen LogP contribution >= 0.6 is 0 Å². The van der Waals surface area contributed by atoms with Crippen LogP contribution in [0.4, 0.5) is 5.82 Å². The van der Waals surface area contributed by atoms with Gasteiger partial charge >= 0.3 is 0 Å². The van der Waals surface area contributed by atoms with E-state index in [0.717, 1.165) is 31.5 Å². The molecule has 0 saturated carbocycles. The minimum Gasteiger partial charge on any atom is -0.465 e. The highest BCUT2D eigenvalue weighted by Crippen LogP contribution is 2.18. The van der Waals surface area contributed by atoms with Gasteiger partial charge in [0.15, 0.2) is 5.69 Å². The summed E-state index contributed by atoms with van der Waals surface area (Å²) < 4.78 is 11.3. The number of hydrazone groups is 1. The van der Waals surface area contributed by atoms with E-state index in [1.54, 1.807) is 18.4 Å². The van der Waals surface area contributed by atoms with Crippen LogP contribution in [-0.2, 0) is 6.54 Å². The van der Waals surface area contributed by atoms with Crippen molar-refractivity contribution >= 4 is 24.0 Å². The molecule has 3 N–H and O–H groups in total. The fourth-order valence-corrected chi connectivity index (χ4v) is 3.12. The molecule has 12 heteroatoms. The number of rotatable bonds is 11. The van der Waals surface area contributed by atoms with Gasteiger partial charge in [-0.3, -0.25) is 9.69 Å². The quantitative estimate of drug-likeness (QED) is 0.337. The third-order valence-corrected chi connectivity index (χ3v) is 4.47. The van der Waals surface area contributed by atoms with Gasteiger partial charge in [-0.15, -0.1) is 5.10 Å². The Balaban J connectivity index is 1.83. The highest BCUT2D eigenvalue weighted by atomic mass is 16.6. The average molecular weight is 441 g/mol. The number of nitrogens with two attached hydrogens (primary N) is 1. The molecule has 0 bridgehead atoms. The van der Waals surface area contributed by atoms with E-state index in [0.29, 0.717) is 18.0 Å². The molecular formula is C20H27N9O3. The summed E-state index contributed by atoms with van der Waals surface area (Å²) in [4.78, 5) is 15.0. The first-order valence-electron chi connectivity index (χ1n) is 10.3. The van der Waals surface area contributed by atoms with Crippen molar-refractivity contribution in [2.24, 2.45) is 5.10 Å². The number of amides is 1. The first kappa shape index (κ1) is 22.9. The molecule has 0 radical (unpaired) electrons. The van der Waals surface area contributed by atoms with Gasteiger partial charge in [-0.25, -0.2) is 10.1 Å². The molecule has 0 aromatic carbocycles. The van der Waals surface area contributed by atoms with Crippen LogP contribution in [0.25, 0.3) is 11.9 Å². The van der Waals surface area contributed by atoms with Crippen molar-refractivity contribution in [3.05, 3.63) is 41.1 Å². The maximum atomic E-state index is 12.8. The lowest BCUT2D eigenvalue weighted by Gasteiger charge is -2.21. The zero-order valence-corrected chi connectivity index (χ0v) is 18.4. The number of allylic oxidation sites excluding steroid dienone is 1. The van der Waals surface area contributed by atoms with E-state index in [2.05, 4.69) is 49.9 Å². The fourth-order valence-electron chi connectivity index (χ4n) is 3.12. The summed E-state index contributed by atoms with van der Waals surface area (Å²) in [5.74, 6) is 0.421. The maximum Gasteiger partial charge on any atom is 0.293 e. The lowest BCUT2D eigenvalue weighted by atomic mass is 10.2. The molecule has 0 aliphatic heterocycles. The molecule has 0 aliphatic rings. The first-order valence-corrected chi connectivity index (χ1v) is 10.3. The molecule has 32 heavy (non-hydrogen) atoms. The second kappa shape index (κ2) is 11.0. The van der Waals surface area contributed by atoms with Crippen LogP contribution in [0, 0.1) is 0 Å². The molecule has 0 fully saturated rings. The van der Waals surface area contributed by atoms with Gasteiger partial charge in [0.25, 0.3) is 5.91 Å². The SMILES string of the molecule is CCCN(CCC)Cc1c(C(=O)N/N=C\C(C)=C/c2ccco2)nnn1-c1nonc1N. The first-order chi connectivity index (χ1) is 15.5. The molecule has 0 spiro atoms. The molecule has 12 nitrogen and oxygen atoms in total. The number of aromatic nitrogens is 5. The number of nitrogens with one attached hydrogen (secondary N) is 1. The predicted molar refractivity (Wildman–Crippen MR) is 118 cm³/mol. The van der Waals surface area contributed by atoms with Crippen molar-refractivity contribution in [1.29, 1.82) is 0 Å². The molecule has 3 rings (SSSR count). The zero-order chi connectivity index (χ0) is 22.9. The summed E-state index contributed by atoms with van der Waals surface area (Å²) in [5.41, 5.74) is 9.76. The second-order valence-electron chi connectivity index (χ2n) is 7.15. The molecule has 3 heterocycles. The normalized spacial score (nSPS) is 12.2. The topological polar surface area (TPSA) is 153 Å². The minimum absolute atomic E-state index is 0.0531. The van der Waals surface area contributed by atoms with E-state index in [-0.39, 0.29) is 17.3 Å². The van der Waals surface area contributed by atoms with Crippen molar-refractivity contribution < 1.29 is 13.8 Å². The molecule has 0 aliphatic carbocycles. The predicted octanol–water partition coefficient (Wildman–Crippen LogP) is 2.27. The van der Waals surface area contributed by atoms with Crippen LogP contribution in [0.15, 0.2) is 38.1 Å². The smallest absolute Gasteiger partial charge is 0.293 e. The summed E-state index contributed by atoms with van der Waals surface area (Å²) in [6.07, 6.45) is 6.82. The summed E-state index contributed by atoms with van der Waals surface area (Å²) in [5, 5.41) is 19.5. The standard InChI is InChI=1S/C20H27N9O3/c1-4-8-28(9-5-2)13-16-17(23-27-29(16)19-18(21)25-32-26-19)20(30)24-22-12-14(3)11-15-7-6-10-31-15/h6-7,10-12H,4-5,8-9,13H2,1-3H3,(H2,21,25)(H,24,30)/b14-11-,22-12-. The van der Waals surface area contributed by atoms with Gasteiger partial charge in [0, 0.05) is 6.54 Å². The van der Waals surface area contributed by atoms with E-state index in [1.165, 1.54) is 10.9 Å². The number of hydrogen-bond donors (Lipinski definition) is 2. The zero-order valence-electron chi connectivity index (χ0n) is 18.4. The Morgan fingerprint density at radius 2 is 2.09 bits per heavy atom. The van der Waals surface area contributed by atoms with Crippen molar-refractivity contribution in [2.75, 3.05) is 18.8 Å². The second-order valence-corrected chi connectivity index (χ2v) is 7.15. The third kappa shape index (κ3) is 5.66. The average Bonchev–Trinajstić information content (AvgIpc) is 3.50. The van der Waals surface area contributed by atoms with Gasteiger partial charge in [-0.2, -0.15) is 9.78 Å².